The molecule has 4 N–H and O–H groups in total. The minimum atomic E-state index is -0.0236. The zero-order valence-electron chi connectivity index (χ0n) is 13.6. The number of hydrogen-bond donors (Lipinski definition) is 4. The van der Waals surface area contributed by atoms with E-state index in [0.717, 1.165) is 5.56 Å². The lowest BCUT2D eigenvalue weighted by atomic mass is 10.2. The first-order valence-corrected chi connectivity index (χ1v) is 8.52. The van der Waals surface area contributed by atoms with Crippen molar-refractivity contribution in [1.82, 2.24) is 15.0 Å². The largest absolute Gasteiger partial charge is 0.395 e. The van der Waals surface area contributed by atoms with Gasteiger partial charge in [-0.3, -0.25) is 15.8 Å². The van der Waals surface area contributed by atoms with Gasteiger partial charge in [-0.25, -0.2) is 4.98 Å². The standard InChI is InChI=1S/C17H16Cl2N6O/c18-12-1-2-14(13(19)9-12)24-25-16-10-15(11-3-5-20-6-4-11)22-17(23-16)21-7-8-26/h1-6,9-10,24,26H,7-8H2,(H2,21,22,23,25). The van der Waals surface area contributed by atoms with Crippen LogP contribution in [0.25, 0.3) is 11.3 Å². The number of hydrogen-bond acceptors (Lipinski definition) is 7. The van der Waals surface area contributed by atoms with Crippen LogP contribution in [0, 0.1) is 0 Å². The number of halogens is 2. The molecule has 0 saturated heterocycles. The maximum absolute atomic E-state index is 9.01. The molecule has 2 heterocycles. The third kappa shape index (κ3) is 4.72. The van der Waals surface area contributed by atoms with Gasteiger partial charge in [0.2, 0.25) is 5.95 Å². The van der Waals surface area contributed by atoms with E-state index in [9.17, 15) is 0 Å². The third-order valence-corrected chi connectivity index (χ3v) is 3.90. The lowest BCUT2D eigenvalue weighted by Crippen LogP contribution is -2.14. The molecule has 0 fully saturated rings. The van der Waals surface area contributed by atoms with Crippen LogP contribution >= 0.6 is 23.2 Å². The summed E-state index contributed by atoms with van der Waals surface area (Å²) in [6.07, 6.45) is 3.38. The highest BCUT2D eigenvalue weighted by molar-refractivity contribution is 6.36. The van der Waals surface area contributed by atoms with Crippen molar-refractivity contribution in [1.29, 1.82) is 0 Å². The van der Waals surface area contributed by atoms with Crippen molar-refractivity contribution in [3.8, 4) is 11.3 Å². The van der Waals surface area contributed by atoms with E-state index in [1.165, 1.54) is 0 Å². The summed E-state index contributed by atoms with van der Waals surface area (Å²) in [5.74, 6) is 0.915. The first-order valence-electron chi connectivity index (χ1n) is 7.77. The number of hydrazine groups is 1. The Labute approximate surface area is 160 Å². The normalized spacial score (nSPS) is 10.4. The van der Waals surface area contributed by atoms with Crippen molar-refractivity contribution < 1.29 is 5.11 Å². The Hall–Kier alpha value is -2.61. The quantitative estimate of drug-likeness (QED) is 0.457. The SMILES string of the molecule is OCCNc1nc(NNc2ccc(Cl)cc2Cl)cc(-c2ccncc2)n1. The van der Waals surface area contributed by atoms with Gasteiger partial charge in [-0.05, 0) is 30.3 Å². The second-order valence-corrected chi connectivity index (χ2v) is 6.07. The summed E-state index contributed by atoms with van der Waals surface area (Å²) < 4.78 is 0. The number of anilines is 3. The molecule has 2 aromatic heterocycles. The van der Waals surface area contributed by atoms with Crippen LogP contribution in [0.5, 0.6) is 0 Å². The minimum absolute atomic E-state index is 0.0236. The smallest absolute Gasteiger partial charge is 0.225 e. The molecule has 7 nitrogen and oxygen atoms in total. The van der Waals surface area contributed by atoms with Crippen molar-refractivity contribution in [2.24, 2.45) is 0 Å². The average Bonchev–Trinajstić information content (AvgIpc) is 2.66. The highest BCUT2D eigenvalue weighted by atomic mass is 35.5. The molecule has 0 spiro atoms. The van der Waals surface area contributed by atoms with Crippen molar-refractivity contribution in [3.63, 3.8) is 0 Å². The molecule has 0 atom stereocenters. The van der Waals surface area contributed by atoms with E-state index < -0.39 is 0 Å². The molecule has 0 saturated carbocycles. The van der Waals surface area contributed by atoms with Gasteiger partial charge >= 0.3 is 0 Å². The highest BCUT2D eigenvalue weighted by Crippen LogP contribution is 2.26. The molecule has 0 aliphatic heterocycles. The molecule has 26 heavy (non-hydrogen) atoms. The van der Waals surface area contributed by atoms with Crippen molar-refractivity contribution in [2.75, 3.05) is 29.3 Å². The molecule has 9 heteroatoms. The number of rotatable bonds is 7. The fourth-order valence-electron chi connectivity index (χ4n) is 2.15. The molecular formula is C17H16Cl2N6O. The maximum atomic E-state index is 9.01. The van der Waals surface area contributed by atoms with E-state index in [0.29, 0.717) is 39.7 Å². The predicted molar refractivity (Wildman–Crippen MR) is 105 cm³/mol. The van der Waals surface area contributed by atoms with Gasteiger partial charge in [-0.15, -0.1) is 0 Å². The van der Waals surface area contributed by atoms with E-state index in [1.807, 2.05) is 12.1 Å². The second kappa shape index (κ2) is 8.66. The molecule has 0 aliphatic carbocycles. The van der Waals surface area contributed by atoms with Crippen molar-refractivity contribution in [3.05, 3.63) is 58.8 Å². The first-order chi connectivity index (χ1) is 12.7. The van der Waals surface area contributed by atoms with Gasteiger partial charge in [0, 0.05) is 35.6 Å². The lowest BCUT2D eigenvalue weighted by molar-refractivity contribution is 0.311. The Balaban J connectivity index is 1.85. The number of nitrogens with zero attached hydrogens (tertiary/aromatic N) is 3. The molecule has 3 rings (SSSR count). The summed E-state index contributed by atoms with van der Waals surface area (Å²) in [6.45, 7) is 0.319. The summed E-state index contributed by atoms with van der Waals surface area (Å²) in [5, 5.41) is 13.0. The Morgan fingerprint density at radius 3 is 2.50 bits per heavy atom. The average molecular weight is 391 g/mol. The Morgan fingerprint density at radius 2 is 1.77 bits per heavy atom. The topological polar surface area (TPSA) is 95.0 Å². The zero-order chi connectivity index (χ0) is 18.4. The first kappa shape index (κ1) is 18.2. The van der Waals surface area contributed by atoms with Crippen LogP contribution in [0.4, 0.5) is 17.5 Å². The molecule has 134 valence electrons. The van der Waals surface area contributed by atoms with E-state index >= 15 is 0 Å². The number of aliphatic hydroxyl groups excluding tert-OH is 1. The summed E-state index contributed by atoms with van der Waals surface area (Å²) >= 11 is 12.1. The summed E-state index contributed by atoms with van der Waals surface area (Å²) in [5.41, 5.74) is 8.25. The summed E-state index contributed by atoms with van der Waals surface area (Å²) in [6, 6.07) is 10.6. The van der Waals surface area contributed by atoms with Gasteiger partial charge in [0.05, 0.1) is 23.0 Å². The van der Waals surface area contributed by atoms with Gasteiger partial charge in [0.25, 0.3) is 0 Å². The maximum Gasteiger partial charge on any atom is 0.225 e. The fraction of sp³-hybridized carbons (Fsp3) is 0.118. The number of aromatic nitrogens is 3. The predicted octanol–water partition coefficient (Wildman–Crippen LogP) is 3.69. The molecule has 0 radical (unpaired) electrons. The van der Waals surface area contributed by atoms with Crippen LogP contribution in [0.2, 0.25) is 10.0 Å². The van der Waals surface area contributed by atoms with Gasteiger partial charge in [0.1, 0.15) is 0 Å². The Kier molecular flexibility index (Phi) is 6.06. The summed E-state index contributed by atoms with van der Waals surface area (Å²) in [7, 11) is 0. The molecule has 0 aliphatic rings. The fourth-order valence-corrected chi connectivity index (χ4v) is 2.61. The molecule has 0 amide bonds. The molecule has 1 aromatic carbocycles. The molecule has 3 aromatic rings. The highest BCUT2D eigenvalue weighted by Gasteiger charge is 2.07. The monoisotopic (exact) mass is 390 g/mol. The van der Waals surface area contributed by atoms with Crippen LogP contribution in [-0.4, -0.2) is 33.2 Å². The van der Waals surface area contributed by atoms with Gasteiger partial charge < -0.3 is 10.4 Å². The van der Waals surface area contributed by atoms with E-state index in [1.54, 1.807) is 36.7 Å². The van der Waals surface area contributed by atoms with Crippen LogP contribution in [0.15, 0.2) is 48.8 Å². The van der Waals surface area contributed by atoms with E-state index in [2.05, 4.69) is 31.1 Å². The van der Waals surface area contributed by atoms with Crippen molar-refractivity contribution in [2.45, 2.75) is 0 Å². The van der Waals surface area contributed by atoms with Crippen molar-refractivity contribution >= 4 is 40.7 Å². The molecule has 0 unspecified atom stereocenters. The van der Waals surface area contributed by atoms with Gasteiger partial charge in [-0.2, -0.15) is 4.98 Å². The Bertz CT molecular complexity index is 878. The zero-order valence-corrected chi connectivity index (χ0v) is 15.1. The van der Waals surface area contributed by atoms with Crippen LogP contribution in [-0.2, 0) is 0 Å². The second-order valence-electron chi connectivity index (χ2n) is 5.22. The minimum Gasteiger partial charge on any atom is -0.395 e. The van der Waals surface area contributed by atoms with Crippen LogP contribution in [0.1, 0.15) is 0 Å². The Morgan fingerprint density at radius 1 is 0.962 bits per heavy atom. The molecule has 0 bridgehead atoms. The van der Waals surface area contributed by atoms with Gasteiger partial charge in [0.15, 0.2) is 5.82 Å². The van der Waals surface area contributed by atoms with E-state index in [-0.39, 0.29) is 6.61 Å². The van der Waals surface area contributed by atoms with E-state index in [4.69, 9.17) is 28.3 Å². The molecular weight excluding hydrogens is 375 g/mol. The number of aliphatic hydroxyl groups is 1. The number of benzene rings is 1. The third-order valence-electron chi connectivity index (χ3n) is 3.35. The number of nitrogens with one attached hydrogen (secondary N) is 3. The van der Waals surface area contributed by atoms with Gasteiger partial charge in [-0.1, -0.05) is 23.2 Å². The summed E-state index contributed by atoms with van der Waals surface area (Å²) in [4.78, 5) is 12.8. The number of pyridine rings is 1. The lowest BCUT2D eigenvalue weighted by Gasteiger charge is -2.13. The van der Waals surface area contributed by atoms with Crippen LogP contribution < -0.4 is 16.2 Å². The van der Waals surface area contributed by atoms with Crippen LogP contribution in [0.3, 0.4) is 0 Å².